The highest BCUT2D eigenvalue weighted by Crippen LogP contribution is 2.31. The Balaban J connectivity index is 1.59. The molecule has 152 valence electrons. The number of rotatable bonds is 5. The molecule has 0 spiro atoms. The molecule has 0 radical (unpaired) electrons. The smallest absolute Gasteiger partial charge is 0.319 e. The predicted octanol–water partition coefficient (Wildman–Crippen LogP) is 5.14. The van der Waals surface area contributed by atoms with E-state index in [4.69, 9.17) is 0 Å². The molecule has 5 nitrogen and oxygen atoms in total. The summed E-state index contributed by atoms with van der Waals surface area (Å²) in [5.41, 5.74) is 6.45. The minimum atomic E-state index is -0.214. The van der Waals surface area contributed by atoms with Gasteiger partial charge in [0.25, 0.3) is 0 Å². The summed E-state index contributed by atoms with van der Waals surface area (Å²) in [6.07, 6.45) is 5.78. The molecule has 0 aliphatic rings. The van der Waals surface area contributed by atoms with Crippen molar-refractivity contribution in [3.8, 4) is 0 Å². The van der Waals surface area contributed by atoms with Crippen LogP contribution >= 0.6 is 0 Å². The zero-order valence-corrected chi connectivity index (χ0v) is 17.5. The summed E-state index contributed by atoms with van der Waals surface area (Å²) in [5.74, 6) is -0.00482. The molecule has 4 rings (SSSR count). The molecule has 0 fully saturated rings. The van der Waals surface area contributed by atoms with Gasteiger partial charge in [-0.1, -0.05) is 30.3 Å². The molecule has 0 saturated carbocycles. The van der Waals surface area contributed by atoms with Crippen molar-refractivity contribution in [3.05, 3.63) is 95.4 Å². The lowest BCUT2D eigenvalue weighted by Gasteiger charge is -2.18. The Hall–Kier alpha value is -3.60. The first-order chi connectivity index (χ1) is 14.5. The number of nitrogens with one attached hydrogen (secondary N) is 2. The zero-order valence-electron chi connectivity index (χ0n) is 17.5. The fourth-order valence-electron chi connectivity index (χ4n) is 4.06. The number of nitrogens with zero attached hydrogens (tertiary/aromatic N) is 2. The van der Waals surface area contributed by atoms with Gasteiger partial charge in [-0.15, -0.1) is 0 Å². The number of benzene rings is 2. The number of para-hydroxylation sites is 1. The van der Waals surface area contributed by atoms with Crippen LogP contribution in [0.4, 0.5) is 10.5 Å². The van der Waals surface area contributed by atoms with E-state index in [-0.39, 0.29) is 11.9 Å². The number of carbonyl (C=O) groups excluding carboxylic acids is 1. The number of hydrogen-bond acceptors (Lipinski definition) is 2. The third kappa shape index (κ3) is 4.20. The summed E-state index contributed by atoms with van der Waals surface area (Å²) in [6, 6.07) is 18.1. The van der Waals surface area contributed by atoms with Crippen molar-refractivity contribution in [2.24, 2.45) is 7.05 Å². The van der Waals surface area contributed by atoms with Crippen LogP contribution in [0.5, 0.6) is 0 Å². The third-order valence-electron chi connectivity index (χ3n) is 5.34. The fraction of sp³-hybridized carbons (Fsp3) is 0.200. The largest absolute Gasteiger partial charge is 0.350 e. The number of urea groups is 1. The van der Waals surface area contributed by atoms with Gasteiger partial charge in [0.15, 0.2) is 0 Å². The van der Waals surface area contributed by atoms with Crippen molar-refractivity contribution < 1.29 is 4.79 Å². The van der Waals surface area contributed by atoms with Crippen LogP contribution in [0.1, 0.15) is 28.2 Å². The second-order valence-corrected chi connectivity index (χ2v) is 7.76. The molecule has 1 atom stereocenters. The number of hydrogen-bond donors (Lipinski definition) is 2. The first-order valence-corrected chi connectivity index (χ1v) is 10.1. The van der Waals surface area contributed by atoms with Crippen molar-refractivity contribution in [1.82, 2.24) is 14.9 Å². The topological polar surface area (TPSA) is 59.0 Å². The highest BCUT2D eigenvalue weighted by molar-refractivity contribution is 5.90. The van der Waals surface area contributed by atoms with Gasteiger partial charge in [-0.05, 0) is 60.4 Å². The maximum Gasteiger partial charge on any atom is 0.319 e. The van der Waals surface area contributed by atoms with E-state index in [0.717, 1.165) is 22.4 Å². The second-order valence-electron chi connectivity index (χ2n) is 7.76. The van der Waals surface area contributed by atoms with Gasteiger partial charge >= 0.3 is 6.03 Å². The number of fused-ring (bicyclic) bond motifs is 1. The molecule has 5 heteroatoms. The Bertz CT molecular complexity index is 1160. The SMILES string of the molecule is Cc1cc(C)cc(NC(=O)NCC(c2cccnc2)c2cn(C)c3ccccc23)c1. The van der Waals surface area contributed by atoms with Crippen LogP contribution in [0.2, 0.25) is 0 Å². The van der Waals surface area contributed by atoms with Gasteiger partial charge < -0.3 is 15.2 Å². The Morgan fingerprint density at radius 1 is 1.07 bits per heavy atom. The monoisotopic (exact) mass is 398 g/mol. The average molecular weight is 399 g/mol. The lowest BCUT2D eigenvalue weighted by Crippen LogP contribution is -2.32. The third-order valence-corrected chi connectivity index (χ3v) is 5.34. The summed E-state index contributed by atoms with van der Waals surface area (Å²) < 4.78 is 2.13. The van der Waals surface area contributed by atoms with E-state index in [0.29, 0.717) is 6.54 Å². The predicted molar refractivity (Wildman–Crippen MR) is 122 cm³/mol. The number of carbonyl (C=O) groups is 1. The first-order valence-electron chi connectivity index (χ1n) is 10.1. The number of aryl methyl sites for hydroxylation is 3. The number of aromatic nitrogens is 2. The average Bonchev–Trinajstić information content (AvgIpc) is 3.05. The fourth-order valence-corrected chi connectivity index (χ4v) is 4.06. The van der Waals surface area contributed by atoms with Crippen LogP contribution in [0.3, 0.4) is 0 Å². The van der Waals surface area contributed by atoms with E-state index < -0.39 is 0 Å². The van der Waals surface area contributed by atoms with E-state index >= 15 is 0 Å². The molecule has 2 N–H and O–H groups in total. The lowest BCUT2D eigenvalue weighted by molar-refractivity contribution is 0.252. The maximum absolute atomic E-state index is 12.6. The molecule has 0 bridgehead atoms. The molecular weight excluding hydrogens is 372 g/mol. The molecule has 2 aromatic heterocycles. The molecule has 2 amide bonds. The zero-order chi connectivity index (χ0) is 21.1. The van der Waals surface area contributed by atoms with Crippen LogP contribution in [-0.2, 0) is 7.05 Å². The molecular formula is C25H26N4O. The van der Waals surface area contributed by atoms with E-state index in [2.05, 4.69) is 50.6 Å². The molecule has 4 aromatic rings. The van der Waals surface area contributed by atoms with Crippen LogP contribution < -0.4 is 10.6 Å². The van der Waals surface area contributed by atoms with Crippen LogP contribution in [0.15, 0.2) is 73.2 Å². The highest BCUT2D eigenvalue weighted by Gasteiger charge is 2.20. The Labute approximate surface area is 176 Å². The molecule has 1 unspecified atom stereocenters. The van der Waals surface area contributed by atoms with Gasteiger partial charge in [0.1, 0.15) is 0 Å². The summed E-state index contributed by atoms with van der Waals surface area (Å²) in [6.45, 7) is 4.51. The van der Waals surface area contributed by atoms with Gasteiger partial charge in [0.05, 0.1) is 0 Å². The summed E-state index contributed by atoms with van der Waals surface area (Å²) >= 11 is 0. The standard InChI is InChI=1S/C25H26N4O/c1-17-11-18(2)13-20(12-17)28-25(30)27-15-22(19-7-6-10-26-14-19)23-16-29(3)24-9-5-4-8-21(23)24/h4-14,16,22H,15H2,1-3H3,(H2,27,28,30). The van der Waals surface area contributed by atoms with Crippen molar-refractivity contribution in [2.75, 3.05) is 11.9 Å². The molecule has 0 aliphatic heterocycles. The van der Waals surface area contributed by atoms with Crippen molar-refractivity contribution in [2.45, 2.75) is 19.8 Å². The minimum Gasteiger partial charge on any atom is -0.350 e. The number of anilines is 1. The molecule has 2 aromatic carbocycles. The van der Waals surface area contributed by atoms with Gasteiger partial charge in [-0.2, -0.15) is 0 Å². The second kappa shape index (κ2) is 8.41. The normalized spacial score (nSPS) is 12.0. The van der Waals surface area contributed by atoms with Gasteiger partial charge in [0.2, 0.25) is 0 Å². The molecule has 30 heavy (non-hydrogen) atoms. The van der Waals surface area contributed by atoms with Crippen LogP contribution in [0.25, 0.3) is 10.9 Å². The number of amides is 2. The van der Waals surface area contributed by atoms with Crippen LogP contribution in [-0.4, -0.2) is 22.1 Å². The maximum atomic E-state index is 12.6. The first kappa shape index (κ1) is 19.7. The Kier molecular flexibility index (Phi) is 5.53. The van der Waals surface area contributed by atoms with Gasteiger partial charge in [-0.25, -0.2) is 4.79 Å². The van der Waals surface area contributed by atoms with Gasteiger partial charge in [0, 0.05) is 54.7 Å². The Morgan fingerprint density at radius 2 is 1.83 bits per heavy atom. The van der Waals surface area contributed by atoms with E-state index in [1.54, 1.807) is 6.20 Å². The highest BCUT2D eigenvalue weighted by atomic mass is 16.2. The van der Waals surface area contributed by atoms with Gasteiger partial charge in [-0.3, -0.25) is 4.98 Å². The quantitative estimate of drug-likeness (QED) is 0.489. The van der Waals surface area contributed by atoms with E-state index in [1.807, 2.05) is 57.4 Å². The van der Waals surface area contributed by atoms with Crippen molar-refractivity contribution in [1.29, 1.82) is 0 Å². The lowest BCUT2D eigenvalue weighted by atomic mass is 9.92. The number of pyridine rings is 1. The molecule has 0 saturated heterocycles. The van der Waals surface area contributed by atoms with E-state index in [1.165, 1.54) is 16.5 Å². The molecule has 0 aliphatic carbocycles. The Morgan fingerprint density at radius 3 is 2.57 bits per heavy atom. The van der Waals surface area contributed by atoms with Crippen molar-refractivity contribution in [3.63, 3.8) is 0 Å². The van der Waals surface area contributed by atoms with Crippen LogP contribution in [0, 0.1) is 13.8 Å². The summed E-state index contributed by atoms with van der Waals surface area (Å²) in [7, 11) is 2.05. The van der Waals surface area contributed by atoms with Crippen molar-refractivity contribution >= 4 is 22.6 Å². The molecule has 2 heterocycles. The summed E-state index contributed by atoms with van der Waals surface area (Å²) in [5, 5.41) is 7.19. The summed E-state index contributed by atoms with van der Waals surface area (Å²) in [4.78, 5) is 16.9. The minimum absolute atomic E-state index is 0.00482. The van der Waals surface area contributed by atoms with E-state index in [9.17, 15) is 4.79 Å².